The molecule has 2 rings (SSSR count). The molecule has 0 atom stereocenters. The molecule has 0 aromatic carbocycles. The fourth-order valence-electron chi connectivity index (χ4n) is 1.63. The van der Waals surface area contributed by atoms with Crippen molar-refractivity contribution in [1.29, 1.82) is 0 Å². The van der Waals surface area contributed by atoms with Crippen molar-refractivity contribution in [3.8, 4) is 0 Å². The molecule has 0 saturated carbocycles. The molecule has 0 radical (unpaired) electrons. The highest BCUT2D eigenvalue weighted by atomic mass is 16.4. The van der Waals surface area contributed by atoms with E-state index >= 15 is 0 Å². The van der Waals surface area contributed by atoms with Gasteiger partial charge in [0, 0.05) is 13.5 Å². The number of furan rings is 1. The summed E-state index contributed by atoms with van der Waals surface area (Å²) in [5.41, 5.74) is 0.831. The fourth-order valence-corrected chi connectivity index (χ4v) is 1.63. The van der Waals surface area contributed by atoms with E-state index in [0.717, 1.165) is 5.76 Å². The third kappa shape index (κ3) is 1.98. The van der Waals surface area contributed by atoms with Crippen LogP contribution in [0, 0.1) is 0 Å². The molecule has 0 aliphatic heterocycles. The van der Waals surface area contributed by atoms with Crippen molar-refractivity contribution in [1.82, 2.24) is 9.55 Å². The highest BCUT2D eigenvalue weighted by molar-refractivity contribution is 5.86. The molecule has 0 saturated heterocycles. The second kappa shape index (κ2) is 4.22. The van der Waals surface area contributed by atoms with Gasteiger partial charge < -0.3 is 14.1 Å². The van der Waals surface area contributed by atoms with E-state index in [1.165, 1.54) is 6.33 Å². The van der Waals surface area contributed by atoms with Gasteiger partial charge in [0.15, 0.2) is 5.69 Å². The van der Waals surface area contributed by atoms with Gasteiger partial charge in [-0.3, -0.25) is 0 Å². The van der Waals surface area contributed by atoms with Crippen LogP contribution in [0.4, 0.5) is 0 Å². The largest absolute Gasteiger partial charge is 0.476 e. The van der Waals surface area contributed by atoms with Crippen molar-refractivity contribution >= 4 is 5.97 Å². The predicted molar refractivity (Wildman–Crippen MR) is 56.3 cm³/mol. The molecule has 2 heterocycles. The summed E-state index contributed by atoms with van der Waals surface area (Å²) in [6, 6.07) is 3.69. The summed E-state index contributed by atoms with van der Waals surface area (Å²) >= 11 is 0. The number of aromatic nitrogens is 2. The second-order valence-corrected chi connectivity index (χ2v) is 3.54. The molecule has 0 bridgehead atoms. The Morgan fingerprint density at radius 3 is 3.00 bits per heavy atom. The Hall–Kier alpha value is -2.04. The highest BCUT2D eigenvalue weighted by Gasteiger charge is 2.15. The van der Waals surface area contributed by atoms with Crippen LogP contribution in [0.5, 0.6) is 0 Å². The number of aromatic carboxylic acids is 1. The maximum absolute atomic E-state index is 10.9. The van der Waals surface area contributed by atoms with Gasteiger partial charge in [0.05, 0.1) is 18.3 Å². The molecule has 5 heteroatoms. The Morgan fingerprint density at radius 2 is 2.38 bits per heavy atom. The first-order valence-corrected chi connectivity index (χ1v) is 4.94. The summed E-state index contributed by atoms with van der Waals surface area (Å²) in [5.74, 6) is -0.146. The minimum Gasteiger partial charge on any atom is -0.476 e. The Balaban J connectivity index is 2.14. The van der Waals surface area contributed by atoms with E-state index in [0.29, 0.717) is 18.5 Å². The molecule has 2 aromatic rings. The van der Waals surface area contributed by atoms with Gasteiger partial charge in [0.25, 0.3) is 0 Å². The van der Waals surface area contributed by atoms with E-state index < -0.39 is 5.97 Å². The number of aryl methyl sites for hydroxylation is 2. The number of imidazole rings is 1. The molecular weight excluding hydrogens is 208 g/mol. The SMILES string of the molecule is Cn1cnc(C(=O)O)c1CCc1ccco1. The van der Waals surface area contributed by atoms with Gasteiger partial charge >= 0.3 is 5.97 Å². The summed E-state index contributed by atoms with van der Waals surface area (Å²) in [6.45, 7) is 0. The lowest BCUT2D eigenvalue weighted by molar-refractivity contribution is 0.0689. The molecule has 0 fully saturated rings. The van der Waals surface area contributed by atoms with E-state index in [-0.39, 0.29) is 5.69 Å². The maximum atomic E-state index is 10.9. The molecule has 5 nitrogen and oxygen atoms in total. The first-order valence-electron chi connectivity index (χ1n) is 4.94. The third-order valence-electron chi connectivity index (χ3n) is 2.45. The normalized spacial score (nSPS) is 10.6. The first-order chi connectivity index (χ1) is 7.68. The smallest absolute Gasteiger partial charge is 0.356 e. The molecule has 0 spiro atoms. The van der Waals surface area contributed by atoms with Crippen molar-refractivity contribution < 1.29 is 14.3 Å². The van der Waals surface area contributed by atoms with Gasteiger partial charge in [-0.15, -0.1) is 0 Å². The Labute approximate surface area is 92.3 Å². The number of carbonyl (C=O) groups is 1. The predicted octanol–water partition coefficient (Wildman–Crippen LogP) is 1.50. The lowest BCUT2D eigenvalue weighted by atomic mass is 10.1. The number of hydrogen-bond acceptors (Lipinski definition) is 3. The minimum absolute atomic E-state index is 0.119. The van der Waals surface area contributed by atoms with Gasteiger partial charge in [-0.1, -0.05) is 0 Å². The van der Waals surface area contributed by atoms with Gasteiger partial charge in [0.1, 0.15) is 5.76 Å². The summed E-state index contributed by atoms with van der Waals surface area (Å²) in [5, 5.41) is 8.94. The van der Waals surface area contributed by atoms with Crippen molar-refractivity contribution in [2.75, 3.05) is 0 Å². The van der Waals surface area contributed by atoms with Crippen molar-refractivity contribution in [2.45, 2.75) is 12.8 Å². The summed E-state index contributed by atoms with van der Waals surface area (Å²) in [7, 11) is 1.79. The van der Waals surface area contributed by atoms with Crippen LogP contribution in [0.3, 0.4) is 0 Å². The minimum atomic E-state index is -0.991. The lowest BCUT2D eigenvalue weighted by Gasteiger charge is -2.02. The summed E-state index contributed by atoms with van der Waals surface area (Å²) in [6.07, 6.45) is 4.40. The van der Waals surface area contributed by atoms with Gasteiger partial charge in [0.2, 0.25) is 0 Å². The van der Waals surface area contributed by atoms with E-state index in [1.807, 2.05) is 12.1 Å². The molecular formula is C11H12N2O3. The van der Waals surface area contributed by atoms with Crippen LogP contribution < -0.4 is 0 Å². The zero-order valence-electron chi connectivity index (χ0n) is 8.88. The Morgan fingerprint density at radius 1 is 1.56 bits per heavy atom. The van der Waals surface area contributed by atoms with E-state index in [9.17, 15) is 4.79 Å². The van der Waals surface area contributed by atoms with E-state index in [1.54, 1.807) is 17.9 Å². The number of carboxylic acid groups (broad SMARTS) is 1. The van der Waals surface area contributed by atoms with Crippen molar-refractivity contribution in [2.24, 2.45) is 7.05 Å². The molecule has 0 aliphatic rings. The van der Waals surface area contributed by atoms with E-state index in [2.05, 4.69) is 4.98 Å². The molecule has 1 N–H and O–H groups in total. The highest BCUT2D eigenvalue weighted by Crippen LogP contribution is 2.11. The summed E-state index contributed by atoms with van der Waals surface area (Å²) in [4.78, 5) is 14.7. The molecule has 84 valence electrons. The number of hydrogen-bond donors (Lipinski definition) is 1. The zero-order valence-corrected chi connectivity index (χ0v) is 8.88. The number of nitrogens with zero attached hydrogens (tertiary/aromatic N) is 2. The topological polar surface area (TPSA) is 68.3 Å². The van der Waals surface area contributed by atoms with Crippen molar-refractivity contribution in [3.05, 3.63) is 41.9 Å². The van der Waals surface area contributed by atoms with Gasteiger partial charge in [-0.05, 0) is 18.6 Å². The first kappa shape index (κ1) is 10.5. The molecule has 0 aliphatic carbocycles. The average Bonchev–Trinajstić information content (AvgIpc) is 2.84. The van der Waals surface area contributed by atoms with Crippen LogP contribution in [0.2, 0.25) is 0 Å². The van der Waals surface area contributed by atoms with E-state index in [4.69, 9.17) is 9.52 Å². The number of rotatable bonds is 4. The summed E-state index contributed by atoms with van der Waals surface area (Å²) < 4.78 is 6.92. The van der Waals surface area contributed by atoms with Crippen LogP contribution in [-0.2, 0) is 19.9 Å². The van der Waals surface area contributed by atoms with Crippen LogP contribution in [0.1, 0.15) is 21.9 Å². The van der Waals surface area contributed by atoms with Crippen LogP contribution in [0.25, 0.3) is 0 Å². The second-order valence-electron chi connectivity index (χ2n) is 3.54. The van der Waals surface area contributed by atoms with Crippen LogP contribution >= 0.6 is 0 Å². The third-order valence-corrected chi connectivity index (χ3v) is 2.45. The van der Waals surface area contributed by atoms with Crippen molar-refractivity contribution in [3.63, 3.8) is 0 Å². The fraction of sp³-hybridized carbons (Fsp3) is 0.273. The molecule has 0 unspecified atom stereocenters. The monoisotopic (exact) mass is 220 g/mol. The quantitative estimate of drug-likeness (QED) is 0.847. The average molecular weight is 220 g/mol. The standard InChI is InChI=1S/C11H12N2O3/c1-13-7-12-10(11(14)15)9(13)5-4-8-3-2-6-16-8/h2-3,6-7H,4-5H2,1H3,(H,14,15). The lowest BCUT2D eigenvalue weighted by Crippen LogP contribution is -2.06. The van der Waals surface area contributed by atoms with Gasteiger partial charge in [-0.2, -0.15) is 0 Å². The maximum Gasteiger partial charge on any atom is 0.356 e. The van der Waals surface area contributed by atoms with Crippen LogP contribution in [-0.4, -0.2) is 20.6 Å². The molecule has 16 heavy (non-hydrogen) atoms. The molecule has 2 aromatic heterocycles. The van der Waals surface area contributed by atoms with Crippen LogP contribution in [0.15, 0.2) is 29.1 Å². The Kier molecular flexibility index (Phi) is 2.76. The number of carboxylic acids is 1. The van der Waals surface area contributed by atoms with Gasteiger partial charge in [-0.25, -0.2) is 9.78 Å². The zero-order chi connectivity index (χ0) is 11.5. The Bertz CT molecular complexity index is 485. The molecule has 0 amide bonds.